The van der Waals surface area contributed by atoms with Gasteiger partial charge >= 0.3 is 0 Å². The fourth-order valence-corrected chi connectivity index (χ4v) is 1.62. The average Bonchev–Trinajstić information content (AvgIpc) is 2.37. The molecule has 17 heavy (non-hydrogen) atoms. The Bertz CT molecular complexity index is 482. The van der Waals surface area contributed by atoms with E-state index in [9.17, 15) is 0 Å². The van der Waals surface area contributed by atoms with E-state index in [1.807, 2.05) is 18.2 Å². The summed E-state index contributed by atoms with van der Waals surface area (Å²) in [5.74, 6) is 1.21. The number of rotatable bonds is 4. The van der Waals surface area contributed by atoms with Crippen LogP contribution in [0.5, 0.6) is 5.75 Å². The molecule has 0 atom stereocenters. The molecule has 0 fully saturated rings. The van der Waals surface area contributed by atoms with E-state index >= 15 is 0 Å². The number of aryl methyl sites for hydroxylation is 2. The molecule has 4 heteroatoms. The van der Waals surface area contributed by atoms with Crippen molar-refractivity contribution in [2.24, 2.45) is 0 Å². The van der Waals surface area contributed by atoms with Gasteiger partial charge < -0.3 is 10.5 Å². The van der Waals surface area contributed by atoms with Crippen LogP contribution in [-0.2, 0) is 12.8 Å². The fourth-order valence-electron chi connectivity index (χ4n) is 1.62. The highest BCUT2D eigenvalue weighted by atomic mass is 16.5. The first kappa shape index (κ1) is 11.4. The normalized spacial score (nSPS) is 10.2. The quantitative estimate of drug-likeness (QED) is 0.869. The molecule has 88 valence electrons. The summed E-state index contributed by atoms with van der Waals surface area (Å²) in [5, 5.41) is 0. The number of hydrogen-bond acceptors (Lipinski definition) is 4. The molecule has 0 saturated heterocycles. The molecule has 2 rings (SSSR count). The van der Waals surface area contributed by atoms with Crippen LogP contribution in [0.2, 0.25) is 0 Å². The van der Waals surface area contributed by atoms with Gasteiger partial charge in [-0.1, -0.05) is 12.1 Å². The number of hydrogen-bond donors (Lipinski definition) is 1. The molecule has 0 saturated carbocycles. The molecule has 0 unspecified atom stereocenters. The van der Waals surface area contributed by atoms with Gasteiger partial charge in [0.05, 0.1) is 7.11 Å². The van der Waals surface area contributed by atoms with Crippen molar-refractivity contribution in [1.29, 1.82) is 0 Å². The molecular weight excluding hydrogens is 214 g/mol. The van der Waals surface area contributed by atoms with Crippen LogP contribution in [-0.4, -0.2) is 17.1 Å². The molecule has 1 aromatic heterocycles. The standard InChI is InChI=1S/C13H15N3O/c1-17-12-6-3-10(4-7-12)2-5-11-8-9-15-13(14)16-11/h3-4,6-9H,2,5H2,1H3,(H2,14,15,16). The van der Waals surface area contributed by atoms with Crippen LogP contribution < -0.4 is 10.5 Å². The third kappa shape index (κ3) is 3.17. The molecule has 2 aromatic rings. The van der Waals surface area contributed by atoms with Gasteiger partial charge in [-0.15, -0.1) is 0 Å². The number of nitrogen functional groups attached to an aromatic ring is 1. The van der Waals surface area contributed by atoms with Crippen LogP contribution in [0, 0.1) is 0 Å². The summed E-state index contributed by atoms with van der Waals surface area (Å²) in [5.41, 5.74) is 7.75. The Morgan fingerprint density at radius 2 is 1.88 bits per heavy atom. The number of methoxy groups -OCH3 is 1. The Labute approximate surface area is 100 Å². The van der Waals surface area contributed by atoms with Crippen LogP contribution in [0.15, 0.2) is 36.5 Å². The van der Waals surface area contributed by atoms with Crippen molar-refractivity contribution in [3.8, 4) is 5.75 Å². The number of benzene rings is 1. The van der Waals surface area contributed by atoms with Crippen molar-refractivity contribution >= 4 is 5.95 Å². The predicted octanol–water partition coefficient (Wildman–Crippen LogP) is 1.85. The molecule has 0 aliphatic rings. The first-order valence-electron chi connectivity index (χ1n) is 5.48. The van der Waals surface area contributed by atoms with Crippen molar-refractivity contribution in [3.05, 3.63) is 47.8 Å². The molecule has 0 bridgehead atoms. The first-order valence-corrected chi connectivity index (χ1v) is 5.48. The van der Waals surface area contributed by atoms with Gasteiger partial charge in [-0.05, 0) is 36.6 Å². The lowest BCUT2D eigenvalue weighted by molar-refractivity contribution is 0.414. The van der Waals surface area contributed by atoms with E-state index in [4.69, 9.17) is 10.5 Å². The second-order valence-corrected chi connectivity index (χ2v) is 3.75. The summed E-state index contributed by atoms with van der Waals surface area (Å²) >= 11 is 0. The van der Waals surface area contributed by atoms with Crippen LogP contribution in [0.25, 0.3) is 0 Å². The Kier molecular flexibility index (Phi) is 3.55. The largest absolute Gasteiger partial charge is 0.497 e. The van der Waals surface area contributed by atoms with Crippen LogP contribution in [0.1, 0.15) is 11.3 Å². The number of anilines is 1. The minimum absolute atomic E-state index is 0.331. The number of nitrogens with two attached hydrogens (primary N) is 1. The molecule has 0 radical (unpaired) electrons. The summed E-state index contributed by atoms with van der Waals surface area (Å²) in [7, 11) is 1.67. The second-order valence-electron chi connectivity index (χ2n) is 3.75. The lowest BCUT2D eigenvalue weighted by Crippen LogP contribution is -2.00. The Morgan fingerprint density at radius 3 is 2.53 bits per heavy atom. The highest BCUT2D eigenvalue weighted by molar-refractivity contribution is 5.28. The molecule has 0 amide bonds. The Balaban J connectivity index is 1.97. The monoisotopic (exact) mass is 229 g/mol. The van der Waals surface area contributed by atoms with Gasteiger partial charge in [0.25, 0.3) is 0 Å². The first-order chi connectivity index (χ1) is 8.28. The third-order valence-electron chi connectivity index (χ3n) is 2.56. The molecule has 2 N–H and O–H groups in total. The third-order valence-corrected chi connectivity index (χ3v) is 2.56. The molecule has 0 aliphatic heterocycles. The minimum Gasteiger partial charge on any atom is -0.497 e. The summed E-state index contributed by atoms with van der Waals surface area (Å²) in [6, 6.07) is 9.93. The maximum Gasteiger partial charge on any atom is 0.220 e. The zero-order valence-corrected chi connectivity index (χ0v) is 9.76. The maximum absolute atomic E-state index is 5.53. The molecule has 0 aliphatic carbocycles. The van der Waals surface area contributed by atoms with Gasteiger partial charge in [-0.25, -0.2) is 9.97 Å². The van der Waals surface area contributed by atoms with E-state index < -0.39 is 0 Å². The smallest absolute Gasteiger partial charge is 0.220 e. The zero-order chi connectivity index (χ0) is 12.1. The number of aromatic nitrogens is 2. The van der Waals surface area contributed by atoms with Gasteiger partial charge in [0.1, 0.15) is 5.75 Å². The Morgan fingerprint density at radius 1 is 1.12 bits per heavy atom. The Hall–Kier alpha value is -2.10. The van der Waals surface area contributed by atoms with E-state index in [-0.39, 0.29) is 0 Å². The molecule has 1 aromatic carbocycles. The van der Waals surface area contributed by atoms with E-state index in [0.29, 0.717) is 5.95 Å². The molecule has 4 nitrogen and oxygen atoms in total. The van der Waals surface area contributed by atoms with Gasteiger partial charge in [-0.2, -0.15) is 0 Å². The summed E-state index contributed by atoms with van der Waals surface area (Å²) in [4.78, 5) is 8.03. The van der Waals surface area contributed by atoms with Crippen LogP contribution in [0.3, 0.4) is 0 Å². The van der Waals surface area contributed by atoms with E-state index in [2.05, 4.69) is 22.1 Å². The SMILES string of the molecule is COc1ccc(CCc2ccnc(N)n2)cc1. The highest BCUT2D eigenvalue weighted by Crippen LogP contribution is 2.13. The van der Waals surface area contributed by atoms with Crippen molar-refractivity contribution < 1.29 is 4.74 Å². The number of nitrogens with zero attached hydrogens (tertiary/aromatic N) is 2. The van der Waals surface area contributed by atoms with Gasteiger partial charge in [0.2, 0.25) is 5.95 Å². The predicted molar refractivity (Wildman–Crippen MR) is 66.8 cm³/mol. The second kappa shape index (κ2) is 5.30. The number of ether oxygens (including phenoxy) is 1. The van der Waals surface area contributed by atoms with Gasteiger partial charge in [0, 0.05) is 11.9 Å². The van der Waals surface area contributed by atoms with Crippen LogP contribution in [0.4, 0.5) is 5.95 Å². The van der Waals surface area contributed by atoms with E-state index in [1.165, 1.54) is 5.56 Å². The highest BCUT2D eigenvalue weighted by Gasteiger charge is 1.99. The van der Waals surface area contributed by atoms with Gasteiger partial charge in [-0.3, -0.25) is 0 Å². The van der Waals surface area contributed by atoms with E-state index in [0.717, 1.165) is 24.3 Å². The summed E-state index contributed by atoms with van der Waals surface area (Å²) in [6.07, 6.45) is 3.48. The minimum atomic E-state index is 0.331. The maximum atomic E-state index is 5.53. The van der Waals surface area contributed by atoms with Crippen LogP contribution >= 0.6 is 0 Å². The summed E-state index contributed by atoms with van der Waals surface area (Å²) < 4.78 is 5.11. The molecule has 0 spiro atoms. The van der Waals surface area contributed by atoms with Crippen molar-refractivity contribution in [1.82, 2.24) is 9.97 Å². The lowest BCUT2D eigenvalue weighted by Gasteiger charge is -2.03. The van der Waals surface area contributed by atoms with E-state index in [1.54, 1.807) is 13.3 Å². The molecular formula is C13H15N3O. The average molecular weight is 229 g/mol. The van der Waals surface area contributed by atoms with Crippen molar-refractivity contribution in [3.63, 3.8) is 0 Å². The summed E-state index contributed by atoms with van der Waals surface area (Å²) in [6.45, 7) is 0. The molecule has 1 heterocycles. The lowest BCUT2D eigenvalue weighted by atomic mass is 10.1. The van der Waals surface area contributed by atoms with Crippen molar-refractivity contribution in [2.75, 3.05) is 12.8 Å². The zero-order valence-electron chi connectivity index (χ0n) is 9.76. The fraction of sp³-hybridized carbons (Fsp3) is 0.231. The van der Waals surface area contributed by atoms with Gasteiger partial charge in [0.15, 0.2) is 0 Å². The van der Waals surface area contributed by atoms with Crippen molar-refractivity contribution in [2.45, 2.75) is 12.8 Å². The topological polar surface area (TPSA) is 61.0 Å².